The van der Waals surface area contributed by atoms with Crippen molar-refractivity contribution in [1.29, 1.82) is 0 Å². The summed E-state index contributed by atoms with van der Waals surface area (Å²) < 4.78 is 27.8. The Morgan fingerprint density at radius 3 is 2.48 bits per heavy atom. The van der Waals surface area contributed by atoms with E-state index < -0.39 is 21.6 Å². The van der Waals surface area contributed by atoms with Gasteiger partial charge in [-0.25, -0.2) is 17.9 Å². The highest BCUT2D eigenvalue weighted by Crippen LogP contribution is 2.18. The molecule has 1 aromatic rings. The monoisotopic (exact) mass is 318 g/mol. The van der Waals surface area contributed by atoms with Crippen molar-refractivity contribution in [2.24, 2.45) is 13.0 Å². The number of sulfonamides is 1. The molecule has 1 heterocycles. The highest BCUT2D eigenvalue weighted by molar-refractivity contribution is 7.89. The quantitative estimate of drug-likeness (QED) is 0.689. The molecule has 21 heavy (non-hydrogen) atoms. The minimum atomic E-state index is -3.86. The van der Waals surface area contributed by atoms with Crippen LogP contribution in [0.25, 0.3) is 0 Å². The van der Waals surface area contributed by atoms with E-state index in [1.54, 1.807) is 6.92 Å². The first-order valence-corrected chi connectivity index (χ1v) is 8.04. The van der Waals surface area contributed by atoms with Crippen molar-refractivity contribution in [3.05, 3.63) is 18.0 Å². The van der Waals surface area contributed by atoms with Gasteiger partial charge in [-0.3, -0.25) is 0 Å². The summed E-state index contributed by atoms with van der Waals surface area (Å²) in [6.45, 7) is 5.28. The maximum absolute atomic E-state index is 12.1. The van der Waals surface area contributed by atoms with E-state index in [1.807, 2.05) is 13.8 Å². The largest absolute Gasteiger partial charge is 0.477 e. The molecular formula is C13H22N2O5S. The maximum atomic E-state index is 12.1. The van der Waals surface area contributed by atoms with Gasteiger partial charge in [-0.2, -0.15) is 0 Å². The summed E-state index contributed by atoms with van der Waals surface area (Å²) in [6.07, 6.45) is 1.67. The number of rotatable bonds is 7. The average Bonchev–Trinajstić information content (AvgIpc) is 2.68. The van der Waals surface area contributed by atoms with E-state index in [2.05, 4.69) is 4.72 Å². The average molecular weight is 318 g/mol. The molecule has 0 saturated heterocycles. The number of nitrogens with one attached hydrogen (secondary N) is 1. The van der Waals surface area contributed by atoms with Crippen LogP contribution in [0, 0.1) is 5.92 Å². The molecule has 3 N–H and O–H groups in total. The highest BCUT2D eigenvalue weighted by Gasteiger charge is 2.26. The van der Waals surface area contributed by atoms with Crippen LogP contribution < -0.4 is 4.72 Å². The highest BCUT2D eigenvalue weighted by atomic mass is 32.2. The molecule has 0 aliphatic carbocycles. The number of carboxylic acids is 1. The molecule has 1 aromatic heterocycles. The first-order valence-electron chi connectivity index (χ1n) is 6.56. The number of hydrogen-bond acceptors (Lipinski definition) is 4. The van der Waals surface area contributed by atoms with Gasteiger partial charge in [0.2, 0.25) is 10.0 Å². The number of carbonyl (C=O) groups is 1. The lowest BCUT2D eigenvalue weighted by Crippen LogP contribution is -2.41. The fourth-order valence-electron chi connectivity index (χ4n) is 2.18. The molecule has 120 valence electrons. The van der Waals surface area contributed by atoms with Gasteiger partial charge in [0.25, 0.3) is 0 Å². The normalized spacial score (nSPS) is 15.1. The van der Waals surface area contributed by atoms with Crippen molar-refractivity contribution in [2.75, 3.05) is 6.54 Å². The van der Waals surface area contributed by atoms with Crippen LogP contribution in [0.4, 0.5) is 0 Å². The van der Waals surface area contributed by atoms with Crippen LogP contribution in [0.3, 0.4) is 0 Å². The molecule has 7 nitrogen and oxygen atoms in total. The first kappa shape index (κ1) is 17.7. The summed E-state index contributed by atoms with van der Waals surface area (Å²) >= 11 is 0. The summed E-state index contributed by atoms with van der Waals surface area (Å²) in [4.78, 5) is 10.8. The molecule has 0 aliphatic heterocycles. The third-order valence-electron chi connectivity index (χ3n) is 3.00. The molecular weight excluding hydrogens is 296 g/mol. The van der Waals surface area contributed by atoms with E-state index in [0.717, 1.165) is 6.07 Å². The number of aromatic nitrogens is 1. The van der Waals surface area contributed by atoms with Crippen LogP contribution in [0.15, 0.2) is 17.2 Å². The lowest BCUT2D eigenvalue weighted by molar-refractivity contribution is 0.0436. The SMILES string of the molecule is CC(C)CC(C)(O)CNS(=O)(=O)c1cc(C(=O)O)n(C)c1. The third kappa shape index (κ3) is 4.83. The summed E-state index contributed by atoms with van der Waals surface area (Å²) in [6, 6.07) is 1.09. The van der Waals surface area contributed by atoms with Crippen molar-refractivity contribution < 1.29 is 23.4 Å². The molecule has 0 saturated carbocycles. The van der Waals surface area contributed by atoms with E-state index in [1.165, 1.54) is 17.8 Å². The number of carboxylic acid groups (broad SMARTS) is 1. The van der Waals surface area contributed by atoms with Gasteiger partial charge in [0.05, 0.1) is 5.60 Å². The number of nitrogens with zero attached hydrogens (tertiary/aromatic N) is 1. The van der Waals surface area contributed by atoms with Gasteiger partial charge >= 0.3 is 5.97 Å². The van der Waals surface area contributed by atoms with Crippen LogP contribution in [0.1, 0.15) is 37.7 Å². The molecule has 0 spiro atoms. The molecule has 0 aliphatic rings. The molecule has 1 rings (SSSR count). The summed E-state index contributed by atoms with van der Waals surface area (Å²) in [7, 11) is -2.40. The van der Waals surface area contributed by atoms with Gasteiger partial charge in [0.15, 0.2) is 0 Å². The Kier molecular flexibility index (Phi) is 5.19. The van der Waals surface area contributed by atoms with Crippen LogP contribution >= 0.6 is 0 Å². The molecule has 0 fully saturated rings. The molecule has 0 bridgehead atoms. The molecule has 8 heteroatoms. The van der Waals surface area contributed by atoms with Gasteiger partial charge in [0, 0.05) is 19.8 Å². The molecule has 1 atom stereocenters. The lowest BCUT2D eigenvalue weighted by atomic mass is 9.95. The van der Waals surface area contributed by atoms with Gasteiger partial charge in [-0.1, -0.05) is 13.8 Å². The van der Waals surface area contributed by atoms with Crippen LogP contribution in [0.2, 0.25) is 0 Å². The summed E-state index contributed by atoms with van der Waals surface area (Å²) in [5, 5.41) is 19.0. The van der Waals surface area contributed by atoms with Gasteiger partial charge < -0.3 is 14.8 Å². The second-order valence-corrected chi connectivity index (χ2v) is 7.66. The van der Waals surface area contributed by atoms with Crippen LogP contribution in [-0.4, -0.2) is 41.3 Å². The van der Waals surface area contributed by atoms with Crippen molar-refractivity contribution in [3.8, 4) is 0 Å². The van der Waals surface area contributed by atoms with E-state index >= 15 is 0 Å². The molecule has 0 aromatic carbocycles. The van der Waals surface area contributed by atoms with Crippen LogP contribution in [0.5, 0.6) is 0 Å². The third-order valence-corrected chi connectivity index (χ3v) is 4.37. The second-order valence-electron chi connectivity index (χ2n) is 5.90. The van der Waals surface area contributed by atoms with E-state index in [-0.39, 0.29) is 23.1 Å². The summed E-state index contributed by atoms with van der Waals surface area (Å²) in [5.41, 5.74) is -1.28. The number of aliphatic hydroxyl groups is 1. The number of hydrogen-bond donors (Lipinski definition) is 3. The Hall–Kier alpha value is -1.38. The standard InChI is InChI=1S/C13H22N2O5S/c1-9(2)6-13(3,18)8-14-21(19,20)10-5-11(12(16)17)15(4)7-10/h5,7,9,14,18H,6,8H2,1-4H3,(H,16,17). The Bertz CT molecular complexity index is 617. The topological polar surface area (TPSA) is 109 Å². The Morgan fingerprint density at radius 2 is 2.05 bits per heavy atom. The van der Waals surface area contributed by atoms with Crippen molar-refractivity contribution in [3.63, 3.8) is 0 Å². The van der Waals surface area contributed by atoms with Crippen LogP contribution in [-0.2, 0) is 17.1 Å². The van der Waals surface area contributed by atoms with Gasteiger partial charge in [0.1, 0.15) is 10.6 Å². The van der Waals surface area contributed by atoms with Crippen molar-refractivity contribution >= 4 is 16.0 Å². The Morgan fingerprint density at radius 1 is 1.48 bits per heavy atom. The second kappa shape index (κ2) is 6.17. The fourth-order valence-corrected chi connectivity index (χ4v) is 3.41. The Labute approximate surface area is 124 Å². The zero-order chi connectivity index (χ0) is 16.4. The zero-order valence-corrected chi connectivity index (χ0v) is 13.4. The smallest absolute Gasteiger partial charge is 0.352 e. The van der Waals surface area contributed by atoms with Crippen molar-refractivity contribution in [2.45, 2.75) is 37.7 Å². The fraction of sp³-hybridized carbons (Fsp3) is 0.615. The number of aryl methyl sites for hydroxylation is 1. The number of aromatic carboxylic acids is 1. The minimum absolute atomic E-state index is 0.121. The minimum Gasteiger partial charge on any atom is -0.477 e. The zero-order valence-electron chi connectivity index (χ0n) is 12.6. The first-order chi connectivity index (χ1) is 9.44. The maximum Gasteiger partial charge on any atom is 0.352 e. The van der Waals surface area contributed by atoms with E-state index in [9.17, 15) is 18.3 Å². The van der Waals surface area contributed by atoms with E-state index in [0.29, 0.717) is 6.42 Å². The van der Waals surface area contributed by atoms with Gasteiger partial charge in [-0.05, 0) is 25.3 Å². The van der Waals surface area contributed by atoms with Gasteiger partial charge in [-0.15, -0.1) is 0 Å². The lowest BCUT2D eigenvalue weighted by Gasteiger charge is -2.25. The van der Waals surface area contributed by atoms with E-state index in [4.69, 9.17) is 5.11 Å². The predicted octanol–water partition coefficient (Wildman–Crippen LogP) is 0.799. The predicted molar refractivity (Wildman–Crippen MR) is 77.6 cm³/mol. The summed E-state index contributed by atoms with van der Waals surface area (Å²) in [5.74, 6) is -0.981. The molecule has 0 radical (unpaired) electrons. The van der Waals surface area contributed by atoms with Crippen molar-refractivity contribution in [1.82, 2.24) is 9.29 Å². The molecule has 0 amide bonds. The molecule has 1 unspecified atom stereocenters. The Balaban J connectivity index is 2.88.